The van der Waals surface area contributed by atoms with Crippen molar-refractivity contribution in [3.05, 3.63) is 77.4 Å². The molecule has 0 aliphatic carbocycles. The van der Waals surface area contributed by atoms with Crippen LogP contribution in [0.5, 0.6) is 5.75 Å². The minimum atomic E-state index is -0.271. The Bertz CT molecular complexity index is 1030. The monoisotopic (exact) mass is 408 g/mol. The lowest BCUT2D eigenvalue weighted by Gasteiger charge is -2.33. The van der Waals surface area contributed by atoms with E-state index in [1.165, 1.54) is 17.0 Å². The summed E-state index contributed by atoms with van der Waals surface area (Å²) in [5.41, 5.74) is 4.56. The Balaban J connectivity index is 1.42. The molecule has 156 valence electrons. The van der Waals surface area contributed by atoms with E-state index in [0.29, 0.717) is 6.54 Å². The number of hydrogen-bond donors (Lipinski definition) is 2. The number of carbonyl (C=O) groups excluding carboxylic acids is 1. The van der Waals surface area contributed by atoms with Crippen LogP contribution in [0.4, 0.5) is 10.1 Å². The van der Waals surface area contributed by atoms with E-state index in [2.05, 4.69) is 4.90 Å². The third-order valence-corrected chi connectivity index (χ3v) is 5.91. The summed E-state index contributed by atoms with van der Waals surface area (Å²) in [5, 5.41) is 9.45. The topological polar surface area (TPSA) is 49.9 Å². The highest BCUT2D eigenvalue weighted by Gasteiger charge is 2.25. The number of rotatable bonds is 5. The highest BCUT2D eigenvalue weighted by Crippen LogP contribution is 2.21. The number of halogens is 1. The Morgan fingerprint density at radius 2 is 1.60 bits per heavy atom. The smallest absolute Gasteiger partial charge is 0.218 e. The SMILES string of the molecule is Cc1cc(C(=O)C[NH+]2CCN(c3ccc(O)cc3)CC2)c(C)n1-c1ccc(F)cc1. The highest BCUT2D eigenvalue weighted by atomic mass is 19.1. The van der Waals surface area contributed by atoms with Gasteiger partial charge >= 0.3 is 0 Å². The van der Waals surface area contributed by atoms with E-state index in [9.17, 15) is 14.3 Å². The molecule has 1 aliphatic heterocycles. The van der Waals surface area contributed by atoms with Crippen LogP contribution in [0, 0.1) is 19.7 Å². The summed E-state index contributed by atoms with van der Waals surface area (Å²) < 4.78 is 15.3. The van der Waals surface area contributed by atoms with Gasteiger partial charge in [0, 0.05) is 28.3 Å². The molecule has 0 unspecified atom stereocenters. The van der Waals surface area contributed by atoms with Crippen LogP contribution in [0.15, 0.2) is 54.6 Å². The van der Waals surface area contributed by atoms with Gasteiger partial charge in [0.15, 0.2) is 0 Å². The molecule has 4 rings (SSSR count). The molecule has 5 nitrogen and oxygen atoms in total. The zero-order chi connectivity index (χ0) is 21.3. The molecule has 1 saturated heterocycles. The van der Waals surface area contributed by atoms with E-state index in [4.69, 9.17) is 0 Å². The van der Waals surface area contributed by atoms with Crippen molar-refractivity contribution >= 4 is 11.5 Å². The van der Waals surface area contributed by atoms with Crippen molar-refractivity contribution in [2.45, 2.75) is 13.8 Å². The van der Waals surface area contributed by atoms with Gasteiger partial charge in [0.1, 0.15) is 18.1 Å². The first kappa shape index (κ1) is 20.2. The summed E-state index contributed by atoms with van der Waals surface area (Å²) in [4.78, 5) is 16.6. The van der Waals surface area contributed by atoms with E-state index < -0.39 is 0 Å². The van der Waals surface area contributed by atoms with Crippen LogP contribution in [-0.4, -0.2) is 48.2 Å². The number of nitrogens with one attached hydrogen (secondary N) is 1. The summed E-state index contributed by atoms with van der Waals surface area (Å²) >= 11 is 0. The molecular weight excluding hydrogens is 381 g/mol. The first-order valence-corrected chi connectivity index (χ1v) is 10.3. The lowest BCUT2D eigenvalue weighted by Crippen LogP contribution is -3.15. The molecule has 1 aliphatic rings. The number of ketones is 1. The maximum Gasteiger partial charge on any atom is 0.218 e. The summed E-state index contributed by atoms with van der Waals surface area (Å²) in [6.45, 7) is 7.92. The molecule has 0 saturated carbocycles. The Hall–Kier alpha value is -3.12. The molecule has 0 amide bonds. The number of piperazine rings is 1. The van der Waals surface area contributed by atoms with Crippen molar-refractivity contribution < 1.29 is 19.2 Å². The van der Waals surface area contributed by atoms with Gasteiger partial charge < -0.3 is 19.5 Å². The molecule has 30 heavy (non-hydrogen) atoms. The minimum absolute atomic E-state index is 0.143. The molecule has 2 aromatic carbocycles. The number of carbonyl (C=O) groups is 1. The van der Waals surface area contributed by atoms with Gasteiger partial charge in [-0.25, -0.2) is 4.39 Å². The number of nitrogens with zero attached hydrogens (tertiary/aromatic N) is 2. The van der Waals surface area contributed by atoms with Crippen molar-refractivity contribution in [1.82, 2.24) is 4.57 Å². The van der Waals surface area contributed by atoms with Gasteiger partial charge in [-0.1, -0.05) is 0 Å². The molecule has 6 heteroatoms. The predicted octanol–water partition coefficient (Wildman–Crippen LogP) is 2.53. The summed E-state index contributed by atoms with van der Waals surface area (Å²) in [6, 6.07) is 15.5. The second-order valence-electron chi connectivity index (χ2n) is 7.95. The van der Waals surface area contributed by atoms with Gasteiger partial charge in [0.2, 0.25) is 5.78 Å². The zero-order valence-corrected chi connectivity index (χ0v) is 17.4. The molecule has 0 bridgehead atoms. The van der Waals surface area contributed by atoms with E-state index >= 15 is 0 Å². The number of aryl methyl sites for hydroxylation is 1. The molecule has 0 atom stereocenters. The average Bonchev–Trinajstić information content (AvgIpc) is 3.04. The standard InChI is InChI=1S/C24H26FN3O2/c1-17-15-23(18(2)28(17)21-5-3-19(25)4-6-21)24(30)16-26-11-13-27(14-12-26)20-7-9-22(29)10-8-20/h3-10,15,29H,11-14,16H2,1-2H3/p+1. The average molecular weight is 408 g/mol. The molecule has 1 fully saturated rings. The van der Waals surface area contributed by atoms with Crippen molar-refractivity contribution in [3.8, 4) is 11.4 Å². The minimum Gasteiger partial charge on any atom is -0.508 e. The van der Waals surface area contributed by atoms with Crippen LogP contribution in [0.2, 0.25) is 0 Å². The van der Waals surface area contributed by atoms with Gasteiger partial charge in [-0.15, -0.1) is 0 Å². The normalized spacial score (nSPS) is 14.8. The van der Waals surface area contributed by atoms with Gasteiger partial charge in [-0.3, -0.25) is 4.79 Å². The fourth-order valence-corrected chi connectivity index (χ4v) is 4.28. The zero-order valence-electron chi connectivity index (χ0n) is 17.4. The van der Waals surface area contributed by atoms with Crippen molar-refractivity contribution in [2.24, 2.45) is 0 Å². The number of anilines is 1. The molecule has 0 radical (unpaired) electrons. The number of benzene rings is 2. The molecule has 3 aromatic rings. The predicted molar refractivity (Wildman–Crippen MR) is 115 cm³/mol. The second kappa shape index (κ2) is 8.32. The van der Waals surface area contributed by atoms with Gasteiger partial charge in [0.05, 0.1) is 26.2 Å². The van der Waals surface area contributed by atoms with Crippen molar-refractivity contribution in [2.75, 3.05) is 37.6 Å². The highest BCUT2D eigenvalue weighted by molar-refractivity contribution is 5.98. The molecule has 0 spiro atoms. The van der Waals surface area contributed by atoms with Crippen molar-refractivity contribution in [3.63, 3.8) is 0 Å². The lowest BCUT2D eigenvalue weighted by molar-refractivity contribution is -0.892. The Labute approximate surface area is 176 Å². The van der Waals surface area contributed by atoms with Crippen LogP contribution < -0.4 is 9.80 Å². The number of phenols is 1. The summed E-state index contributed by atoms with van der Waals surface area (Å²) in [5.74, 6) is 0.143. The number of phenolic OH excluding ortho intramolecular Hbond substituents is 1. The summed E-state index contributed by atoms with van der Waals surface area (Å²) in [7, 11) is 0. The third kappa shape index (κ3) is 4.09. The Kier molecular flexibility index (Phi) is 5.59. The Morgan fingerprint density at radius 3 is 2.23 bits per heavy atom. The van der Waals surface area contributed by atoms with Crippen LogP contribution in [0.1, 0.15) is 21.7 Å². The fourth-order valence-electron chi connectivity index (χ4n) is 4.28. The molecule has 2 N–H and O–H groups in total. The van der Waals surface area contributed by atoms with Gasteiger partial charge in [0.25, 0.3) is 0 Å². The first-order chi connectivity index (χ1) is 14.4. The van der Waals surface area contributed by atoms with E-state index in [1.807, 2.05) is 36.6 Å². The van der Waals surface area contributed by atoms with E-state index in [0.717, 1.165) is 54.5 Å². The van der Waals surface area contributed by atoms with Gasteiger partial charge in [-0.05, 0) is 68.4 Å². The van der Waals surface area contributed by atoms with Crippen LogP contribution in [0.25, 0.3) is 5.69 Å². The largest absolute Gasteiger partial charge is 0.508 e. The second-order valence-corrected chi connectivity index (χ2v) is 7.95. The van der Waals surface area contributed by atoms with Crippen LogP contribution >= 0.6 is 0 Å². The Morgan fingerprint density at radius 1 is 1.00 bits per heavy atom. The fraction of sp³-hybridized carbons (Fsp3) is 0.292. The van der Waals surface area contributed by atoms with E-state index in [-0.39, 0.29) is 17.3 Å². The van der Waals surface area contributed by atoms with Crippen LogP contribution in [-0.2, 0) is 0 Å². The number of aromatic hydroxyl groups is 1. The van der Waals surface area contributed by atoms with Gasteiger partial charge in [-0.2, -0.15) is 0 Å². The molecular formula is C24H27FN3O2+. The number of hydrogen-bond acceptors (Lipinski definition) is 3. The maximum absolute atomic E-state index is 13.3. The number of quaternary nitrogens is 1. The maximum atomic E-state index is 13.3. The third-order valence-electron chi connectivity index (χ3n) is 5.91. The lowest BCUT2D eigenvalue weighted by atomic mass is 10.1. The molecule has 2 heterocycles. The van der Waals surface area contributed by atoms with E-state index in [1.54, 1.807) is 24.3 Å². The first-order valence-electron chi connectivity index (χ1n) is 10.3. The van der Waals surface area contributed by atoms with Crippen LogP contribution in [0.3, 0.4) is 0 Å². The molecule has 1 aromatic heterocycles. The van der Waals surface area contributed by atoms with Crippen molar-refractivity contribution in [1.29, 1.82) is 0 Å². The number of aromatic nitrogens is 1. The quantitative estimate of drug-likeness (QED) is 0.638. The number of Topliss-reactive ketones (excluding diaryl/α,β-unsaturated/α-hetero) is 1. The summed E-state index contributed by atoms with van der Waals surface area (Å²) in [6.07, 6.45) is 0.